The monoisotopic (exact) mass is 282 g/mol. The number of carbonyl (C=O) groups is 1. The molecule has 0 radical (unpaired) electrons. The minimum absolute atomic E-state index is 0.0172. The Morgan fingerprint density at radius 3 is 2.79 bits per heavy atom. The highest BCUT2D eigenvalue weighted by atomic mass is 32.2. The molecule has 1 aliphatic rings. The van der Waals surface area contributed by atoms with E-state index in [1.165, 1.54) is 6.92 Å². The van der Waals surface area contributed by atoms with Crippen LogP contribution in [0, 0.1) is 0 Å². The van der Waals surface area contributed by atoms with E-state index in [1.54, 1.807) is 24.0 Å². The molecular formula is C13H18N2O3S. The summed E-state index contributed by atoms with van der Waals surface area (Å²) >= 11 is 0. The number of sulfonamides is 1. The van der Waals surface area contributed by atoms with Crippen molar-refractivity contribution >= 4 is 27.3 Å². The van der Waals surface area contributed by atoms with Gasteiger partial charge in [0.2, 0.25) is 15.9 Å². The van der Waals surface area contributed by atoms with Crippen molar-refractivity contribution in [1.82, 2.24) is 0 Å². The van der Waals surface area contributed by atoms with E-state index in [0.717, 1.165) is 24.1 Å². The van der Waals surface area contributed by atoms with Gasteiger partial charge < -0.3 is 4.90 Å². The Balaban J connectivity index is 2.36. The number of carbonyl (C=O) groups excluding carboxylic acids is 1. The normalized spacial score (nSPS) is 14.9. The van der Waals surface area contributed by atoms with Gasteiger partial charge >= 0.3 is 0 Å². The van der Waals surface area contributed by atoms with Crippen LogP contribution in [0.5, 0.6) is 0 Å². The summed E-state index contributed by atoms with van der Waals surface area (Å²) in [6.45, 7) is 3.80. The van der Waals surface area contributed by atoms with Gasteiger partial charge in [0, 0.05) is 19.2 Å². The van der Waals surface area contributed by atoms with Crippen LogP contribution in [-0.4, -0.2) is 26.6 Å². The highest BCUT2D eigenvalue weighted by molar-refractivity contribution is 7.92. The largest absolute Gasteiger partial charge is 0.312 e. The van der Waals surface area contributed by atoms with E-state index in [-0.39, 0.29) is 11.7 Å². The second-order valence-electron chi connectivity index (χ2n) is 4.62. The van der Waals surface area contributed by atoms with Crippen LogP contribution in [0.3, 0.4) is 0 Å². The highest BCUT2D eigenvalue weighted by Gasteiger charge is 2.20. The van der Waals surface area contributed by atoms with E-state index in [1.807, 2.05) is 6.07 Å². The quantitative estimate of drug-likeness (QED) is 0.918. The summed E-state index contributed by atoms with van der Waals surface area (Å²) in [4.78, 5) is 13.3. The molecule has 5 nitrogen and oxygen atoms in total. The summed E-state index contributed by atoms with van der Waals surface area (Å²) in [6, 6.07) is 5.37. The predicted molar refractivity (Wildman–Crippen MR) is 75.9 cm³/mol. The minimum Gasteiger partial charge on any atom is -0.312 e. The molecule has 0 spiro atoms. The van der Waals surface area contributed by atoms with Crippen molar-refractivity contribution in [2.45, 2.75) is 26.7 Å². The number of rotatable bonds is 3. The molecule has 104 valence electrons. The van der Waals surface area contributed by atoms with E-state index in [0.29, 0.717) is 12.2 Å². The predicted octanol–water partition coefficient (Wildman–Crippen LogP) is 1.75. The number of nitrogens with one attached hydrogen (secondary N) is 1. The smallest absolute Gasteiger partial charge is 0.232 e. The summed E-state index contributed by atoms with van der Waals surface area (Å²) in [6.07, 6.45) is 1.85. The van der Waals surface area contributed by atoms with Crippen molar-refractivity contribution in [2.24, 2.45) is 0 Å². The zero-order valence-corrected chi connectivity index (χ0v) is 12.0. The zero-order chi connectivity index (χ0) is 14.0. The van der Waals surface area contributed by atoms with Gasteiger partial charge in [-0.05, 0) is 37.5 Å². The van der Waals surface area contributed by atoms with Crippen molar-refractivity contribution in [3.8, 4) is 0 Å². The standard InChI is InChI=1S/C13H18N2O3S/c1-3-19(17,18)14-12-7-6-11-5-4-8-15(10(2)16)13(11)9-12/h6-7,9,14H,3-5,8H2,1-2H3. The van der Waals surface area contributed by atoms with Crippen LogP contribution in [0.25, 0.3) is 0 Å². The molecule has 0 fully saturated rings. The van der Waals surface area contributed by atoms with E-state index in [4.69, 9.17) is 0 Å². The van der Waals surface area contributed by atoms with Crippen LogP contribution in [0.4, 0.5) is 11.4 Å². The first-order valence-corrected chi connectivity index (χ1v) is 7.99. The number of nitrogens with zero attached hydrogens (tertiary/aromatic N) is 1. The molecule has 1 amide bonds. The van der Waals surface area contributed by atoms with E-state index < -0.39 is 10.0 Å². The lowest BCUT2D eigenvalue weighted by Gasteiger charge is -2.29. The molecule has 1 aromatic rings. The maximum absolute atomic E-state index is 11.6. The second kappa shape index (κ2) is 5.21. The molecule has 1 N–H and O–H groups in total. The Kier molecular flexibility index (Phi) is 3.80. The number of aryl methyl sites for hydroxylation is 1. The van der Waals surface area contributed by atoms with Crippen LogP contribution in [0.2, 0.25) is 0 Å². The first kappa shape index (κ1) is 13.9. The number of benzene rings is 1. The van der Waals surface area contributed by atoms with Crippen LogP contribution in [0.1, 0.15) is 25.8 Å². The Hall–Kier alpha value is -1.56. The molecule has 0 bridgehead atoms. The fourth-order valence-corrected chi connectivity index (χ4v) is 2.85. The van der Waals surface area contributed by atoms with Crippen molar-refractivity contribution in [3.05, 3.63) is 23.8 Å². The minimum atomic E-state index is -3.29. The summed E-state index contributed by atoms with van der Waals surface area (Å²) in [5, 5.41) is 0. The SMILES string of the molecule is CCS(=O)(=O)Nc1ccc2c(c1)N(C(C)=O)CCC2. The van der Waals surface area contributed by atoms with Gasteiger partial charge in [0.1, 0.15) is 0 Å². The highest BCUT2D eigenvalue weighted by Crippen LogP contribution is 2.30. The summed E-state index contributed by atoms with van der Waals surface area (Å²) in [5.74, 6) is 0.0111. The molecule has 1 aliphatic heterocycles. The van der Waals surface area contributed by atoms with Crippen LogP contribution in [0.15, 0.2) is 18.2 Å². The fourth-order valence-electron chi connectivity index (χ4n) is 2.22. The molecule has 0 unspecified atom stereocenters. The molecule has 0 saturated heterocycles. The molecule has 19 heavy (non-hydrogen) atoms. The van der Waals surface area contributed by atoms with Gasteiger partial charge in [0.15, 0.2) is 0 Å². The van der Waals surface area contributed by atoms with Crippen LogP contribution < -0.4 is 9.62 Å². The Bertz CT molecular complexity index is 596. The van der Waals surface area contributed by atoms with Gasteiger partial charge in [-0.25, -0.2) is 8.42 Å². The maximum atomic E-state index is 11.6. The third kappa shape index (κ3) is 3.07. The average Bonchev–Trinajstić information content (AvgIpc) is 2.37. The molecule has 2 rings (SSSR count). The molecule has 0 saturated carbocycles. The van der Waals surface area contributed by atoms with Gasteiger partial charge in [-0.3, -0.25) is 9.52 Å². The summed E-state index contributed by atoms with van der Waals surface area (Å²) < 4.78 is 25.6. The summed E-state index contributed by atoms with van der Waals surface area (Å²) in [7, 11) is -3.29. The van der Waals surface area contributed by atoms with Gasteiger partial charge in [-0.15, -0.1) is 0 Å². The lowest BCUT2D eigenvalue weighted by Crippen LogP contribution is -2.33. The van der Waals surface area contributed by atoms with E-state index in [2.05, 4.69) is 4.72 Å². The van der Waals surface area contributed by atoms with Crippen molar-refractivity contribution in [1.29, 1.82) is 0 Å². The third-order valence-electron chi connectivity index (χ3n) is 3.24. The molecule has 0 aliphatic carbocycles. The van der Waals surface area contributed by atoms with Crippen molar-refractivity contribution < 1.29 is 13.2 Å². The summed E-state index contributed by atoms with van der Waals surface area (Å²) in [5.41, 5.74) is 2.41. The topological polar surface area (TPSA) is 66.5 Å². The molecule has 1 heterocycles. The van der Waals surface area contributed by atoms with Gasteiger partial charge in [0.05, 0.1) is 11.4 Å². The maximum Gasteiger partial charge on any atom is 0.232 e. The van der Waals surface area contributed by atoms with Crippen molar-refractivity contribution in [2.75, 3.05) is 21.9 Å². The van der Waals surface area contributed by atoms with Gasteiger partial charge in [-0.1, -0.05) is 6.07 Å². The first-order chi connectivity index (χ1) is 8.93. The Morgan fingerprint density at radius 1 is 1.42 bits per heavy atom. The number of hydrogen-bond acceptors (Lipinski definition) is 3. The molecule has 6 heteroatoms. The second-order valence-corrected chi connectivity index (χ2v) is 6.63. The lowest BCUT2D eigenvalue weighted by molar-refractivity contribution is -0.116. The van der Waals surface area contributed by atoms with Crippen LogP contribution in [-0.2, 0) is 21.2 Å². The van der Waals surface area contributed by atoms with Crippen molar-refractivity contribution in [3.63, 3.8) is 0 Å². The average molecular weight is 282 g/mol. The zero-order valence-electron chi connectivity index (χ0n) is 11.1. The number of hydrogen-bond donors (Lipinski definition) is 1. The number of fused-ring (bicyclic) bond motifs is 1. The Labute approximate surface area is 113 Å². The molecule has 0 aromatic heterocycles. The number of anilines is 2. The van der Waals surface area contributed by atoms with Crippen LogP contribution >= 0.6 is 0 Å². The van der Waals surface area contributed by atoms with E-state index in [9.17, 15) is 13.2 Å². The lowest BCUT2D eigenvalue weighted by atomic mass is 10.0. The van der Waals surface area contributed by atoms with Gasteiger partial charge in [-0.2, -0.15) is 0 Å². The number of amides is 1. The van der Waals surface area contributed by atoms with E-state index >= 15 is 0 Å². The Morgan fingerprint density at radius 2 is 2.16 bits per heavy atom. The molecule has 1 aromatic carbocycles. The fraction of sp³-hybridized carbons (Fsp3) is 0.462. The molecule has 0 atom stereocenters. The third-order valence-corrected chi connectivity index (χ3v) is 4.54. The molecular weight excluding hydrogens is 264 g/mol. The van der Waals surface area contributed by atoms with Gasteiger partial charge in [0.25, 0.3) is 0 Å². The first-order valence-electron chi connectivity index (χ1n) is 6.34.